The van der Waals surface area contributed by atoms with Crippen LogP contribution in [-0.4, -0.2) is 14.1 Å². The number of fused-ring (bicyclic) bond motifs is 6. The standard InChI is InChI=1S/C66H42N4/c67-42-44-14-13-23-49(36-44)54-28-33-61(69-62-29-24-50(45-15-5-1-6-16-45)37-57(62)58-38-51(25-30-63(58)69)46-17-7-2-8-18-46)56(41-54)55-34-35-68-43-66(55)70-64-31-26-52(47-19-9-3-10-20-47)39-59(64)60-40-53(27-32-65(60)70)48-21-11-4-12-22-48/h1-41,43H. The van der Waals surface area contributed by atoms with E-state index >= 15 is 0 Å². The first-order chi connectivity index (χ1) is 34.7. The fourth-order valence-electron chi connectivity index (χ4n) is 10.5. The lowest BCUT2D eigenvalue weighted by atomic mass is 9.95. The van der Waals surface area contributed by atoms with Crippen molar-refractivity contribution in [3.8, 4) is 84.2 Å². The van der Waals surface area contributed by atoms with Gasteiger partial charge in [-0.05, 0) is 134 Å². The summed E-state index contributed by atoms with van der Waals surface area (Å²) in [6.07, 6.45) is 3.92. The molecule has 0 aliphatic rings. The zero-order chi connectivity index (χ0) is 46.5. The third kappa shape index (κ3) is 6.96. The van der Waals surface area contributed by atoms with Crippen LogP contribution in [0.1, 0.15) is 5.56 Å². The van der Waals surface area contributed by atoms with Crippen LogP contribution in [0.5, 0.6) is 0 Å². The largest absolute Gasteiger partial charge is 0.309 e. The Kier molecular flexibility index (Phi) is 9.85. The van der Waals surface area contributed by atoms with Gasteiger partial charge in [0.15, 0.2) is 0 Å². The quantitative estimate of drug-likeness (QED) is 0.153. The number of nitriles is 1. The minimum absolute atomic E-state index is 0.619. The van der Waals surface area contributed by atoms with Gasteiger partial charge in [0.2, 0.25) is 0 Å². The minimum atomic E-state index is 0.619. The Balaban J connectivity index is 1.10. The highest BCUT2D eigenvalue weighted by molar-refractivity contribution is 6.14. The van der Waals surface area contributed by atoms with Crippen LogP contribution in [0.25, 0.3) is 122 Å². The number of rotatable bonds is 8. The van der Waals surface area contributed by atoms with Gasteiger partial charge in [0.1, 0.15) is 0 Å². The van der Waals surface area contributed by atoms with Gasteiger partial charge in [-0.15, -0.1) is 0 Å². The Morgan fingerprint density at radius 3 is 1.10 bits per heavy atom. The van der Waals surface area contributed by atoms with E-state index in [9.17, 15) is 5.26 Å². The Bertz CT molecular complexity index is 3970. The van der Waals surface area contributed by atoms with Crippen molar-refractivity contribution < 1.29 is 0 Å². The lowest BCUT2D eigenvalue weighted by molar-refractivity contribution is 1.13. The van der Waals surface area contributed by atoms with Crippen molar-refractivity contribution in [2.45, 2.75) is 0 Å². The van der Waals surface area contributed by atoms with Gasteiger partial charge in [0.05, 0.1) is 51.3 Å². The molecule has 0 aliphatic heterocycles. The third-order valence-corrected chi connectivity index (χ3v) is 13.9. The van der Waals surface area contributed by atoms with Gasteiger partial charge < -0.3 is 9.13 Å². The first kappa shape index (κ1) is 40.7. The molecule has 0 atom stereocenters. The van der Waals surface area contributed by atoms with E-state index < -0.39 is 0 Å². The van der Waals surface area contributed by atoms with E-state index in [0.717, 1.165) is 77.6 Å². The summed E-state index contributed by atoms with van der Waals surface area (Å²) < 4.78 is 4.83. The highest BCUT2D eigenvalue weighted by Gasteiger charge is 2.23. The van der Waals surface area contributed by atoms with Gasteiger partial charge >= 0.3 is 0 Å². The monoisotopic (exact) mass is 890 g/mol. The first-order valence-electron chi connectivity index (χ1n) is 23.6. The molecule has 0 saturated heterocycles. The normalized spacial score (nSPS) is 11.4. The van der Waals surface area contributed by atoms with Gasteiger partial charge in [-0.1, -0.05) is 164 Å². The van der Waals surface area contributed by atoms with E-state index in [1.54, 1.807) is 0 Å². The molecule has 3 heterocycles. The second-order valence-corrected chi connectivity index (χ2v) is 17.9. The fourth-order valence-corrected chi connectivity index (χ4v) is 10.5. The van der Waals surface area contributed by atoms with E-state index in [1.165, 1.54) is 44.2 Å². The van der Waals surface area contributed by atoms with Crippen LogP contribution in [-0.2, 0) is 0 Å². The average molecular weight is 891 g/mol. The zero-order valence-electron chi connectivity index (χ0n) is 38.0. The third-order valence-electron chi connectivity index (χ3n) is 13.9. The van der Waals surface area contributed by atoms with Crippen LogP contribution < -0.4 is 0 Å². The lowest BCUT2D eigenvalue weighted by Gasteiger charge is -2.19. The number of aromatic nitrogens is 3. The summed E-state index contributed by atoms with van der Waals surface area (Å²) in [4.78, 5) is 4.88. The lowest BCUT2D eigenvalue weighted by Crippen LogP contribution is -2.02. The highest BCUT2D eigenvalue weighted by Crippen LogP contribution is 2.44. The molecule has 13 rings (SSSR count). The molecule has 0 saturated carbocycles. The van der Waals surface area contributed by atoms with Crippen molar-refractivity contribution in [2.24, 2.45) is 0 Å². The molecule has 4 heteroatoms. The average Bonchev–Trinajstić information content (AvgIpc) is 3.95. The summed E-state index contributed by atoms with van der Waals surface area (Å²) in [6.45, 7) is 0. The van der Waals surface area contributed by atoms with Gasteiger partial charge in [-0.25, -0.2) is 0 Å². The minimum Gasteiger partial charge on any atom is -0.309 e. The Morgan fingerprint density at radius 2 is 0.671 bits per heavy atom. The molecule has 13 aromatic rings. The Labute approximate surface area is 405 Å². The molecule has 70 heavy (non-hydrogen) atoms. The number of hydrogen-bond acceptors (Lipinski definition) is 2. The van der Waals surface area contributed by atoms with Crippen molar-refractivity contribution >= 4 is 43.6 Å². The van der Waals surface area contributed by atoms with E-state index in [-0.39, 0.29) is 0 Å². The molecule has 4 nitrogen and oxygen atoms in total. The Morgan fingerprint density at radius 1 is 0.300 bits per heavy atom. The fraction of sp³-hybridized carbons (Fsp3) is 0. The van der Waals surface area contributed by atoms with Crippen LogP contribution >= 0.6 is 0 Å². The van der Waals surface area contributed by atoms with Crippen molar-refractivity contribution in [3.63, 3.8) is 0 Å². The predicted molar refractivity (Wildman–Crippen MR) is 290 cm³/mol. The maximum Gasteiger partial charge on any atom is 0.0991 e. The van der Waals surface area contributed by atoms with Gasteiger partial charge in [0, 0.05) is 38.9 Å². The van der Waals surface area contributed by atoms with Crippen LogP contribution in [0, 0.1) is 11.3 Å². The van der Waals surface area contributed by atoms with Gasteiger partial charge in [-0.2, -0.15) is 5.26 Å². The second-order valence-electron chi connectivity index (χ2n) is 17.9. The summed E-state index contributed by atoms with van der Waals surface area (Å²) in [5, 5.41) is 14.7. The summed E-state index contributed by atoms with van der Waals surface area (Å²) >= 11 is 0. The molecule has 3 aromatic heterocycles. The van der Waals surface area contributed by atoms with Crippen molar-refractivity contribution in [3.05, 3.63) is 261 Å². The second kappa shape index (κ2) is 16.9. The SMILES string of the molecule is N#Cc1cccc(-c2ccc(-n3c4ccc(-c5ccccc5)cc4c4cc(-c5ccccc5)ccc43)c(-c3ccncc3-n3c4ccc(-c5ccccc5)cc4c4cc(-c5ccccc5)ccc43)c2)c1. The number of nitrogens with zero attached hydrogens (tertiary/aromatic N) is 4. The maximum atomic E-state index is 10.0. The molecule has 0 radical (unpaired) electrons. The van der Waals surface area contributed by atoms with E-state index in [4.69, 9.17) is 4.98 Å². The summed E-state index contributed by atoms with van der Waals surface area (Å²) in [5.74, 6) is 0. The molecule has 326 valence electrons. The van der Waals surface area contributed by atoms with Gasteiger partial charge in [-0.3, -0.25) is 4.98 Å². The number of pyridine rings is 1. The van der Waals surface area contributed by atoms with Crippen LogP contribution in [0.3, 0.4) is 0 Å². The molecular formula is C66H42N4. The molecule has 0 aliphatic carbocycles. The van der Waals surface area contributed by atoms with E-state index in [1.807, 2.05) is 30.6 Å². The summed E-state index contributed by atoms with van der Waals surface area (Å²) in [6, 6.07) is 89.1. The smallest absolute Gasteiger partial charge is 0.0991 e. The van der Waals surface area contributed by atoms with Crippen LogP contribution in [0.2, 0.25) is 0 Å². The van der Waals surface area contributed by atoms with Crippen molar-refractivity contribution in [1.82, 2.24) is 14.1 Å². The first-order valence-corrected chi connectivity index (χ1v) is 23.6. The molecular weight excluding hydrogens is 849 g/mol. The molecule has 0 N–H and O–H groups in total. The zero-order valence-corrected chi connectivity index (χ0v) is 38.0. The summed E-state index contributed by atoms with van der Waals surface area (Å²) in [7, 11) is 0. The molecule has 0 bridgehead atoms. The predicted octanol–water partition coefficient (Wildman–Crippen LogP) is 17.1. The van der Waals surface area contributed by atoms with Crippen LogP contribution in [0.4, 0.5) is 0 Å². The number of hydrogen-bond donors (Lipinski definition) is 0. The number of benzene rings is 10. The van der Waals surface area contributed by atoms with E-state index in [0.29, 0.717) is 5.56 Å². The van der Waals surface area contributed by atoms with E-state index in [2.05, 4.69) is 240 Å². The van der Waals surface area contributed by atoms with Crippen molar-refractivity contribution in [2.75, 3.05) is 0 Å². The molecule has 0 spiro atoms. The topological polar surface area (TPSA) is 46.5 Å². The molecule has 0 amide bonds. The van der Waals surface area contributed by atoms with Crippen molar-refractivity contribution in [1.29, 1.82) is 5.26 Å². The molecule has 0 fully saturated rings. The Hall–Kier alpha value is -9.56. The highest BCUT2D eigenvalue weighted by atomic mass is 15.0. The molecule has 10 aromatic carbocycles. The maximum absolute atomic E-state index is 10.0. The van der Waals surface area contributed by atoms with Crippen LogP contribution in [0.15, 0.2) is 255 Å². The summed E-state index contributed by atoms with van der Waals surface area (Å²) in [5.41, 5.74) is 20.4. The molecule has 0 unspecified atom stereocenters. The van der Waals surface area contributed by atoms with Gasteiger partial charge in [0.25, 0.3) is 0 Å².